The van der Waals surface area contributed by atoms with Crippen molar-refractivity contribution in [2.45, 2.75) is 137 Å². The Morgan fingerprint density at radius 3 is 2.13 bits per heavy atom. The zero-order valence-electron chi connectivity index (χ0n) is 28.7. The maximum Gasteiger partial charge on any atom is 0.446 e. The average molecular weight is 699 g/mol. The molecule has 2 aliphatic rings. The van der Waals surface area contributed by atoms with E-state index < -0.39 is 37.9 Å². The van der Waals surface area contributed by atoms with Gasteiger partial charge in [0.25, 0.3) is 0 Å². The average Bonchev–Trinajstić information content (AvgIpc) is 2.92. The maximum atomic E-state index is 11.6. The Kier molecular flexibility index (Phi) is 13.0. The molecule has 0 saturated carbocycles. The second-order valence-electron chi connectivity index (χ2n) is 14.6. The van der Waals surface area contributed by atoms with Gasteiger partial charge in [0, 0.05) is 5.56 Å². The van der Waals surface area contributed by atoms with Crippen LogP contribution in [0.1, 0.15) is 124 Å². The molecule has 0 spiro atoms. The summed E-state index contributed by atoms with van der Waals surface area (Å²) in [6.45, 7) is 12.3. The van der Waals surface area contributed by atoms with E-state index in [4.69, 9.17) is 4.18 Å². The standard InChI is InChI=1S/C35H54O10S2/c1-25(2)11-7-12-26(3)13-8-21-35(6,37)32(36)18-22-33(4)19-9-15-30-29(33)14-10-20-34(30,5)24-27-23-28(44-46(38,39)40)16-17-31(27)45-47(41,42)43/h11,13,16-17,23,32,36-37H,7-10,12,14-15,18-22,24H2,1-6H3,(H,38,39,40)(H,41,42,43)/t32?,33-,34?,35?/m0/s1. The summed E-state index contributed by atoms with van der Waals surface area (Å²) in [5.41, 5.74) is 3.60. The summed E-state index contributed by atoms with van der Waals surface area (Å²) in [6.07, 6.45) is 13.3. The van der Waals surface area contributed by atoms with Crippen LogP contribution in [0.5, 0.6) is 11.5 Å². The van der Waals surface area contributed by atoms with Gasteiger partial charge >= 0.3 is 20.8 Å². The number of hydrogen-bond acceptors (Lipinski definition) is 8. The van der Waals surface area contributed by atoms with Crippen molar-refractivity contribution in [3.8, 4) is 11.5 Å². The first-order chi connectivity index (χ1) is 21.6. The highest BCUT2D eigenvalue weighted by atomic mass is 32.3. The molecule has 47 heavy (non-hydrogen) atoms. The van der Waals surface area contributed by atoms with Gasteiger partial charge in [0.15, 0.2) is 0 Å². The summed E-state index contributed by atoms with van der Waals surface area (Å²) in [4.78, 5) is 0. The van der Waals surface area contributed by atoms with Crippen molar-refractivity contribution in [1.82, 2.24) is 0 Å². The predicted octanol–water partition coefficient (Wildman–Crippen LogP) is 7.63. The third-order valence-electron chi connectivity index (χ3n) is 10.1. The van der Waals surface area contributed by atoms with Crippen LogP contribution in [0.4, 0.5) is 0 Å². The van der Waals surface area contributed by atoms with E-state index in [1.807, 2.05) is 0 Å². The molecule has 0 amide bonds. The molecule has 0 heterocycles. The Morgan fingerprint density at radius 2 is 1.53 bits per heavy atom. The monoisotopic (exact) mass is 698 g/mol. The summed E-state index contributed by atoms with van der Waals surface area (Å²) >= 11 is 0. The highest BCUT2D eigenvalue weighted by molar-refractivity contribution is 7.81. The Bertz CT molecular complexity index is 1570. The third kappa shape index (κ3) is 11.7. The van der Waals surface area contributed by atoms with Crippen LogP contribution in [0.3, 0.4) is 0 Å². The number of hydrogen-bond donors (Lipinski definition) is 4. The first-order valence-electron chi connectivity index (χ1n) is 16.5. The van der Waals surface area contributed by atoms with Gasteiger partial charge in [-0.2, -0.15) is 16.8 Å². The molecule has 1 aromatic rings. The molecule has 4 N–H and O–H groups in total. The highest BCUT2D eigenvalue weighted by Gasteiger charge is 2.44. The van der Waals surface area contributed by atoms with Crippen LogP contribution < -0.4 is 8.37 Å². The van der Waals surface area contributed by atoms with Crippen LogP contribution in [0.2, 0.25) is 0 Å². The van der Waals surface area contributed by atoms with Gasteiger partial charge in [-0.3, -0.25) is 9.11 Å². The van der Waals surface area contributed by atoms with E-state index in [0.717, 1.165) is 57.4 Å². The fraction of sp³-hybridized carbons (Fsp3) is 0.657. The van der Waals surface area contributed by atoms with Crippen molar-refractivity contribution in [1.29, 1.82) is 0 Å². The molecule has 0 saturated heterocycles. The van der Waals surface area contributed by atoms with E-state index in [2.05, 4.69) is 51.0 Å². The second kappa shape index (κ2) is 15.6. The van der Waals surface area contributed by atoms with Crippen molar-refractivity contribution in [2.24, 2.45) is 10.8 Å². The molecule has 0 aliphatic heterocycles. The predicted molar refractivity (Wildman–Crippen MR) is 183 cm³/mol. The molecule has 1 aromatic carbocycles. The van der Waals surface area contributed by atoms with Crippen molar-refractivity contribution in [3.63, 3.8) is 0 Å². The summed E-state index contributed by atoms with van der Waals surface area (Å²) in [5, 5.41) is 22.4. The molecule has 4 atom stereocenters. The van der Waals surface area contributed by atoms with Crippen LogP contribution in [-0.4, -0.2) is 47.9 Å². The number of aliphatic hydroxyl groups excluding tert-OH is 1. The molecule has 0 radical (unpaired) electrons. The first kappa shape index (κ1) is 39.2. The van der Waals surface area contributed by atoms with Gasteiger partial charge in [-0.05, 0) is 140 Å². The van der Waals surface area contributed by atoms with Crippen molar-refractivity contribution in [2.75, 3.05) is 0 Å². The van der Waals surface area contributed by atoms with Crippen LogP contribution >= 0.6 is 0 Å². The van der Waals surface area contributed by atoms with Gasteiger partial charge in [-0.1, -0.05) is 48.3 Å². The summed E-state index contributed by atoms with van der Waals surface area (Å²) in [6, 6.07) is 3.62. The number of benzene rings is 1. The van der Waals surface area contributed by atoms with Crippen molar-refractivity contribution >= 4 is 20.8 Å². The molecular formula is C35H54O10S2. The maximum absolute atomic E-state index is 11.6. The normalized spacial score (nSPS) is 24.3. The Hall–Kier alpha value is -2.22. The zero-order chi connectivity index (χ0) is 35.3. The van der Waals surface area contributed by atoms with Crippen LogP contribution in [0.25, 0.3) is 0 Å². The van der Waals surface area contributed by atoms with Crippen molar-refractivity contribution < 1.29 is 44.5 Å². The highest BCUT2D eigenvalue weighted by Crippen LogP contribution is 2.56. The quantitative estimate of drug-likeness (QED) is 0.0995. The van der Waals surface area contributed by atoms with Crippen LogP contribution in [-0.2, 0) is 27.2 Å². The summed E-state index contributed by atoms with van der Waals surface area (Å²) in [5.74, 6) is -0.381. The van der Waals surface area contributed by atoms with Crippen LogP contribution in [0, 0.1) is 10.8 Å². The van der Waals surface area contributed by atoms with Gasteiger partial charge in [0.1, 0.15) is 11.5 Å². The minimum atomic E-state index is -4.86. The molecular weight excluding hydrogens is 645 g/mol. The fourth-order valence-electron chi connectivity index (χ4n) is 7.43. The minimum Gasteiger partial charge on any atom is -0.390 e. The van der Waals surface area contributed by atoms with E-state index in [1.165, 1.54) is 34.4 Å². The minimum absolute atomic E-state index is 0.161. The number of allylic oxidation sites excluding steroid dienone is 6. The Balaban J connectivity index is 1.80. The number of aliphatic hydroxyl groups is 2. The van der Waals surface area contributed by atoms with Gasteiger partial charge in [0.05, 0.1) is 11.7 Å². The second-order valence-corrected chi connectivity index (χ2v) is 16.6. The molecule has 10 nitrogen and oxygen atoms in total. The fourth-order valence-corrected chi connectivity index (χ4v) is 8.17. The van der Waals surface area contributed by atoms with E-state index in [0.29, 0.717) is 31.2 Å². The molecule has 3 rings (SSSR count). The zero-order valence-corrected chi connectivity index (χ0v) is 30.3. The van der Waals surface area contributed by atoms with Crippen LogP contribution in [0.15, 0.2) is 52.6 Å². The van der Waals surface area contributed by atoms with E-state index >= 15 is 0 Å². The summed E-state index contributed by atoms with van der Waals surface area (Å²) < 4.78 is 74.0. The molecule has 0 aromatic heterocycles. The molecule has 12 heteroatoms. The molecule has 266 valence electrons. The third-order valence-corrected chi connectivity index (χ3v) is 10.9. The van der Waals surface area contributed by atoms with E-state index in [1.54, 1.807) is 6.92 Å². The Labute approximate surface area is 281 Å². The van der Waals surface area contributed by atoms with Gasteiger partial charge in [0.2, 0.25) is 0 Å². The van der Waals surface area contributed by atoms with E-state index in [9.17, 15) is 36.2 Å². The van der Waals surface area contributed by atoms with Gasteiger partial charge in [-0.25, -0.2) is 0 Å². The smallest absolute Gasteiger partial charge is 0.390 e. The Morgan fingerprint density at radius 1 is 0.936 bits per heavy atom. The van der Waals surface area contributed by atoms with Crippen molar-refractivity contribution in [3.05, 3.63) is 58.2 Å². The lowest BCUT2D eigenvalue weighted by molar-refractivity contribution is -0.0732. The largest absolute Gasteiger partial charge is 0.446 e. The molecule has 3 unspecified atom stereocenters. The molecule has 0 fully saturated rings. The lowest BCUT2D eigenvalue weighted by Crippen LogP contribution is -2.41. The van der Waals surface area contributed by atoms with E-state index in [-0.39, 0.29) is 23.3 Å². The topological polar surface area (TPSA) is 168 Å². The summed E-state index contributed by atoms with van der Waals surface area (Å²) in [7, 11) is -9.69. The van der Waals surface area contributed by atoms with Gasteiger partial charge < -0.3 is 18.6 Å². The molecule has 2 aliphatic carbocycles. The lowest BCUT2D eigenvalue weighted by Gasteiger charge is -2.48. The first-order valence-corrected chi connectivity index (χ1v) is 19.2. The number of rotatable bonds is 16. The SMILES string of the molecule is CC(C)=CCCC(C)=CCCC(C)(O)C(O)CC[C@]1(C)CCCC2=C1CCCC2(C)Cc1cc(OS(=O)(=O)O)ccc1OS(=O)(=O)O. The lowest BCUT2D eigenvalue weighted by atomic mass is 9.57. The van der Waals surface area contributed by atoms with Gasteiger partial charge in [-0.15, -0.1) is 0 Å². The molecule has 0 bridgehead atoms.